The summed E-state index contributed by atoms with van der Waals surface area (Å²) in [5.41, 5.74) is 2.31. The lowest BCUT2D eigenvalue weighted by Crippen LogP contribution is -2.28. The van der Waals surface area contributed by atoms with Gasteiger partial charge in [0.25, 0.3) is 11.5 Å². The van der Waals surface area contributed by atoms with Crippen LogP contribution in [0, 0.1) is 13.8 Å². The summed E-state index contributed by atoms with van der Waals surface area (Å²) in [5.74, 6) is -0.178. The van der Waals surface area contributed by atoms with Crippen LogP contribution in [0.5, 0.6) is 5.75 Å². The van der Waals surface area contributed by atoms with Gasteiger partial charge in [0.15, 0.2) is 0 Å². The monoisotopic (exact) mass is 462 g/mol. The fourth-order valence-electron chi connectivity index (χ4n) is 3.47. The lowest BCUT2D eigenvalue weighted by Gasteiger charge is -2.10. The van der Waals surface area contributed by atoms with E-state index in [2.05, 4.69) is 15.6 Å². The highest BCUT2D eigenvalue weighted by atomic mass is 32.1. The Morgan fingerprint density at radius 2 is 1.73 bits per heavy atom. The molecule has 0 aliphatic rings. The molecular formula is C24H22N4O4S. The van der Waals surface area contributed by atoms with Crippen molar-refractivity contribution in [1.82, 2.24) is 9.55 Å². The van der Waals surface area contributed by atoms with E-state index in [-0.39, 0.29) is 18.0 Å². The predicted octanol–water partition coefficient (Wildman–Crippen LogP) is 3.97. The molecule has 0 spiro atoms. The van der Waals surface area contributed by atoms with E-state index in [1.54, 1.807) is 31.2 Å². The molecule has 0 aliphatic carbocycles. The Bertz CT molecular complexity index is 1420. The number of para-hydroxylation sites is 3. The highest BCUT2D eigenvalue weighted by Gasteiger charge is 2.20. The fraction of sp³-hybridized carbons (Fsp3) is 0.167. The molecule has 0 saturated heterocycles. The fourth-order valence-corrected chi connectivity index (χ4v) is 4.51. The van der Waals surface area contributed by atoms with E-state index in [1.807, 2.05) is 31.2 Å². The van der Waals surface area contributed by atoms with Gasteiger partial charge < -0.3 is 15.4 Å². The number of carbonyl (C=O) groups excluding carboxylic acids is 2. The number of nitrogens with one attached hydrogen (secondary N) is 2. The molecule has 9 heteroatoms. The summed E-state index contributed by atoms with van der Waals surface area (Å²) in [6, 6.07) is 14.5. The number of aromatic nitrogens is 2. The predicted molar refractivity (Wildman–Crippen MR) is 129 cm³/mol. The first-order valence-electron chi connectivity index (χ1n) is 10.2. The van der Waals surface area contributed by atoms with Crippen molar-refractivity contribution in [3.05, 3.63) is 81.2 Å². The molecule has 2 N–H and O–H groups in total. The standard InChI is InChI=1S/C24H22N4O4S/c1-14-8-4-5-9-16(14)27-22(30)21-15(2)20-23(33-21)25-13-28(24(20)31)12-19(29)26-17-10-6-7-11-18(17)32-3/h4-11,13H,12H2,1-3H3,(H,26,29)(H,27,30). The maximum atomic E-state index is 13.1. The molecular weight excluding hydrogens is 440 g/mol. The van der Waals surface area contributed by atoms with Gasteiger partial charge in [0.05, 0.1) is 29.4 Å². The van der Waals surface area contributed by atoms with Gasteiger partial charge in [-0.2, -0.15) is 0 Å². The number of amides is 2. The molecule has 168 valence electrons. The smallest absolute Gasteiger partial charge is 0.266 e. The van der Waals surface area contributed by atoms with Crippen LogP contribution in [-0.4, -0.2) is 28.5 Å². The minimum atomic E-state index is -0.395. The van der Waals surface area contributed by atoms with Crippen molar-refractivity contribution in [2.45, 2.75) is 20.4 Å². The second-order valence-electron chi connectivity index (χ2n) is 7.43. The maximum Gasteiger partial charge on any atom is 0.266 e. The van der Waals surface area contributed by atoms with Crippen molar-refractivity contribution in [2.24, 2.45) is 0 Å². The zero-order valence-electron chi connectivity index (χ0n) is 18.3. The van der Waals surface area contributed by atoms with Crippen LogP contribution in [0.25, 0.3) is 10.2 Å². The Balaban J connectivity index is 1.59. The third-order valence-corrected chi connectivity index (χ3v) is 6.41. The number of hydrogen-bond acceptors (Lipinski definition) is 6. The highest BCUT2D eigenvalue weighted by molar-refractivity contribution is 7.20. The first-order chi connectivity index (χ1) is 15.9. The summed E-state index contributed by atoms with van der Waals surface area (Å²) in [4.78, 5) is 43.7. The van der Waals surface area contributed by atoms with Crippen molar-refractivity contribution in [3.8, 4) is 5.75 Å². The van der Waals surface area contributed by atoms with E-state index in [9.17, 15) is 14.4 Å². The lowest BCUT2D eigenvalue weighted by atomic mass is 10.2. The second-order valence-corrected chi connectivity index (χ2v) is 8.43. The summed E-state index contributed by atoms with van der Waals surface area (Å²) in [7, 11) is 1.51. The molecule has 2 heterocycles. The number of rotatable bonds is 6. The van der Waals surface area contributed by atoms with Crippen molar-refractivity contribution < 1.29 is 14.3 Å². The molecule has 4 aromatic rings. The molecule has 4 rings (SSSR count). The van der Waals surface area contributed by atoms with E-state index in [4.69, 9.17) is 4.74 Å². The van der Waals surface area contributed by atoms with Crippen molar-refractivity contribution >= 4 is 44.7 Å². The minimum absolute atomic E-state index is 0.222. The minimum Gasteiger partial charge on any atom is -0.495 e. The van der Waals surface area contributed by atoms with Gasteiger partial charge in [-0.25, -0.2) is 4.98 Å². The number of methoxy groups -OCH3 is 1. The average molecular weight is 463 g/mol. The molecule has 0 saturated carbocycles. The van der Waals surface area contributed by atoms with E-state index in [1.165, 1.54) is 18.0 Å². The van der Waals surface area contributed by atoms with Crippen LogP contribution in [-0.2, 0) is 11.3 Å². The number of nitrogens with zero attached hydrogens (tertiary/aromatic N) is 2. The SMILES string of the molecule is COc1ccccc1NC(=O)Cn1cnc2sc(C(=O)Nc3ccccc3C)c(C)c2c1=O. The van der Waals surface area contributed by atoms with Gasteiger partial charge in [-0.05, 0) is 43.2 Å². The molecule has 0 aliphatic heterocycles. The molecule has 0 radical (unpaired) electrons. The Morgan fingerprint density at radius 3 is 2.45 bits per heavy atom. The molecule has 0 bridgehead atoms. The number of aryl methyl sites for hydroxylation is 2. The van der Waals surface area contributed by atoms with Crippen molar-refractivity contribution in [3.63, 3.8) is 0 Å². The molecule has 33 heavy (non-hydrogen) atoms. The summed E-state index contributed by atoms with van der Waals surface area (Å²) in [6.07, 6.45) is 1.32. The number of carbonyl (C=O) groups is 2. The summed E-state index contributed by atoms with van der Waals surface area (Å²) in [6.45, 7) is 3.40. The maximum absolute atomic E-state index is 13.1. The van der Waals surface area contributed by atoms with E-state index in [0.29, 0.717) is 37.8 Å². The van der Waals surface area contributed by atoms with Gasteiger partial charge >= 0.3 is 0 Å². The van der Waals surface area contributed by atoms with Gasteiger partial charge in [-0.3, -0.25) is 19.0 Å². The van der Waals surface area contributed by atoms with Crippen molar-refractivity contribution in [1.29, 1.82) is 0 Å². The van der Waals surface area contributed by atoms with Gasteiger partial charge in [0.2, 0.25) is 5.91 Å². The van der Waals surface area contributed by atoms with E-state index < -0.39 is 5.91 Å². The van der Waals surface area contributed by atoms with E-state index >= 15 is 0 Å². The number of thiophene rings is 1. The first kappa shape index (κ1) is 22.2. The molecule has 2 amide bonds. The molecule has 0 unspecified atom stereocenters. The van der Waals surface area contributed by atoms with Crippen LogP contribution in [0.1, 0.15) is 20.8 Å². The zero-order chi connectivity index (χ0) is 23.5. The molecule has 0 fully saturated rings. The molecule has 2 aromatic heterocycles. The molecule has 2 aromatic carbocycles. The number of benzene rings is 2. The van der Waals surface area contributed by atoms with Gasteiger partial charge in [0, 0.05) is 5.69 Å². The summed E-state index contributed by atoms with van der Waals surface area (Å²) < 4.78 is 6.47. The zero-order valence-corrected chi connectivity index (χ0v) is 19.2. The second kappa shape index (κ2) is 9.25. The number of anilines is 2. The normalized spacial score (nSPS) is 10.8. The van der Waals surface area contributed by atoms with Crippen LogP contribution in [0.2, 0.25) is 0 Å². The third kappa shape index (κ3) is 4.49. The van der Waals surface area contributed by atoms with E-state index in [0.717, 1.165) is 16.9 Å². The van der Waals surface area contributed by atoms with Gasteiger partial charge in [0.1, 0.15) is 17.1 Å². The van der Waals surface area contributed by atoms with Gasteiger partial charge in [-0.1, -0.05) is 30.3 Å². The molecule has 8 nitrogen and oxygen atoms in total. The Kier molecular flexibility index (Phi) is 6.23. The summed E-state index contributed by atoms with van der Waals surface area (Å²) >= 11 is 1.15. The Hall–Kier alpha value is -3.98. The van der Waals surface area contributed by atoms with Gasteiger partial charge in [-0.15, -0.1) is 11.3 Å². The lowest BCUT2D eigenvalue weighted by molar-refractivity contribution is -0.116. The number of fused-ring (bicyclic) bond motifs is 1. The summed E-state index contributed by atoms with van der Waals surface area (Å²) in [5, 5.41) is 5.97. The van der Waals surface area contributed by atoms with Crippen LogP contribution in [0.15, 0.2) is 59.7 Å². The van der Waals surface area contributed by atoms with Crippen LogP contribution in [0.3, 0.4) is 0 Å². The Labute approximate surface area is 193 Å². The third-order valence-electron chi connectivity index (χ3n) is 5.21. The number of ether oxygens (including phenoxy) is 1. The quantitative estimate of drug-likeness (QED) is 0.451. The van der Waals surface area contributed by atoms with Crippen LogP contribution >= 0.6 is 11.3 Å². The molecule has 0 atom stereocenters. The van der Waals surface area contributed by atoms with Crippen molar-refractivity contribution in [2.75, 3.05) is 17.7 Å². The Morgan fingerprint density at radius 1 is 1.03 bits per heavy atom. The largest absolute Gasteiger partial charge is 0.495 e. The topological polar surface area (TPSA) is 102 Å². The number of hydrogen-bond donors (Lipinski definition) is 2. The van der Waals surface area contributed by atoms with Crippen LogP contribution in [0.4, 0.5) is 11.4 Å². The average Bonchev–Trinajstić information content (AvgIpc) is 3.15. The highest BCUT2D eigenvalue weighted by Crippen LogP contribution is 2.28. The first-order valence-corrected chi connectivity index (χ1v) is 11.0. The van der Waals surface area contributed by atoms with Crippen LogP contribution < -0.4 is 20.9 Å².